The Morgan fingerprint density at radius 2 is 1.76 bits per heavy atom. The molecule has 0 aliphatic carbocycles. The van der Waals surface area contributed by atoms with Crippen LogP contribution in [-0.4, -0.2) is 44.8 Å². The Bertz CT molecular complexity index is 1120. The van der Waals surface area contributed by atoms with E-state index in [1.807, 2.05) is 6.07 Å². The van der Waals surface area contributed by atoms with Crippen LogP contribution < -0.4 is 14.8 Å². The SMILES string of the molecule is CCOC(=O)COc1c(Br)cc(/C=C(\C#N)C(=O)Nc2ccc(C(=O)OCC)cc2)cc1OC. The van der Waals surface area contributed by atoms with Gasteiger partial charge in [-0.1, -0.05) is 0 Å². The summed E-state index contributed by atoms with van der Waals surface area (Å²) >= 11 is 3.35. The lowest BCUT2D eigenvalue weighted by atomic mass is 10.1. The van der Waals surface area contributed by atoms with Crippen LogP contribution in [0.5, 0.6) is 11.5 Å². The molecule has 0 atom stereocenters. The minimum atomic E-state index is -0.635. The smallest absolute Gasteiger partial charge is 0.344 e. The summed E-state index contributed by atoms with van der Waals surface area (Å²) in [6.07, 6.45) is 1.38. The average Bonchev–Trinajstić information content (AvgIpc) is 2.82. The van der Waals surface area contributed by atoms with E-state index in [0.717, 1.165) is 0 Å². The van der Waals surface area contributed by atoms with Crippen molar-refractivity contribution in [3.63, 3.8) is 0 Å². The van der Waals surface area contributed by atoms with Crippen LogP contribution in [0.1, 0.15) is 29.8 Å². The summed E-state index contributed by atoms with van der Waals surface area (Å²) in [6, 6.07) is 11.1. The number of rotatable bonds is 10. The zero-order valence-corrected chi connectivity index (χ0v) is 20.4. The monoisotopic (exact) mass is 530 g/mol. The summed E-state index contributed by atoms with van der Waals surface area (Å²) in [5, 5.41) is 12.1. The lowest BCUT2D eigenvalue weighted by Crippen LogP contribution is -2.15. The van der Waals surface area contributed by atoms with E-state index < -0.39 is 17.8 Å². The Morgan fingerprint density at radius 1 is 1.09 bits per heavy atom. The lowest BCUT2D eigenvalue weighted by Gasteiger charge is -2.13. The number of nitrogens with zero attached hydrogens (tertiary/aromatic N) is 1. The number of hydrogen-bond acceptors (Lipinski definition) is 8. The molecule has 0 unspecified atom stereocenters. The van der Waals surface area contributed by atoms with Crippen LogP contribution in [0.15, 0.2) is 46.4 Å². The first-order valence-corrected chi connectivity index (χ1v) is 11.0. The molecule has 0 spiro atoms. The summed E-state index contributed by atoms with van der Waals surface area (Å²) in [5.74, 6) is -1.06. The molecule has 0 bridgehead atoms. The van der Waals surface area contributed by atoms with E-state index in [9.17, 15) is 19.6 Å². The van der Waals surface area contributed by atoms with Crippen molar-refractivity contribution < 1.29 is 33.3 Å². The molecule has 0 aliphatic heterocycles. The van der Waals surface area contributed by atoms with Gasteiger partial charge in [0.05, 0.1) is 30.4 Å². The molecule has 2 aromatic rings. The van der Waals surface area contributed by atoms with Crippen molar-refractivity contribution in [2.75, 3.05) is 32.2 Å². The fourth-order valence-corrected chi connectivity index (χ4v) is 3.29. The van der Waals surface area contributed by atoms with Crippen molar-refractivity contribution in [3.05, 3.63) is 57.6 Å². The molecule has 0 fully saturated rings. The third-order valence-corrected chi connectivity index (χ3v) is 4.81. The first kappa shape index (κ1) is 26.4. The van der Waals surface area contributed by atoms with Gasteiger partial charge in [-0.15, -0.1) is 0 Å². The number of hydrogen-bond donors (Lipinski definition) is 1. The molecular weight excluding hydrogens is 508 g/mol. The number of esters is 2. The summed E-state index contributed by atoms with van der Waals surface area (Å²) < 4.78 is 21.0. The summed E-state index contributed by atoms with van der Waals surface area (Å²) in [7, 11) is 1.42. The van der Waals surface area contributed by atoms with Crippen molar-refractivity contribution in [1.82, 2.24) is 0 Å². The van der Waals surface area contributed by atoms with Crippen LogP contribution in [-0.2, 0) is 19.1 Å². The van der Waals surface area contributed by atoms with Crippen molar-refractivity contribution in [2.24, 2.45) is 0 Å². The van der Waals surface area contributed by atoms with Gasteiger partial charge >= 0.3 is 11.9 Å². The number of anilines is 1. The molecule has 0 saturated heterocycles. The predicted octanol–water partition coefficient (Wildman–Crippen LogP) is 4.12. The summed E-state index contributed by atoms with van der Waals surface area (Å²) in [4.78, 5) is 35.9. The predicted molar refractivity (Wildman–Crippen MR) is 127 cm³/mol. The topological polar surface area (TPSA) is 124 Å². The molecule has 0 saturated carbocycles. The molecule has 2 rings (SSSR count). The number of carbonyl (C=O) groups excluding carboxylic acids is 3. The fourth-order valence-electron chi connectivity index (χ4n) is 2.71. The number of ether oxygens (including phenoxy) is 4. The molecule has 34 heavy (non-hydrogen) atoms. The Morgan fingerprint density at radius 3 is 2.35 bits per heavy atom. The van der Waals surface area contributed by atoms with Gasteiger partial charge in [0.2, 0.25) is 0 Å². The van der Waals surface area contributed by atoms with Crippen molar-refractivity contribution >= 4 is 45.5 Å². The van der Waals surface area contributed by atoms with Crippen molar-refractivity contribution in [3.8, 4) is 17.6 Å². The van der Waals surface area contributed by atoms with Crippen molar-refractivity contribution in [2.45, 2.75) is 13.8 Å². The first-order valence-electron chi connectivity index (χ1n) is 10.2. The zero-order valence-electron chi connectivity index (χ0n) is 18.8. The highest BCUT2D eigenvalue weighted by Crippen LogP contribution is 2.37. The molecule has 1 N–H and O–H groups in total. The number of methoxy groups -OCH3 is 1. The summed E-state index contributed by atoms with van der Waals surface area (Å²) in [6.45, 7) is 3.59. The highest BCUT2D eigenvalue weighted by Gasteiger charge is 2.16. The highest BCUT2D eigenvalue weighted by molar-refractivity contribution is 9.10. The molecular formula is C24H23BrN2O7. The van der Waals surface area contributed by atoms with Gasteiger partial charge in [0.15, 0.2) is 18.1 Å². The van der Waals surface area contributed by atoms with Crippen LogP contribution in [0.25, 0.3) is 6.08 Å². The number of nitrogens with one attached hydrogen (secondary N) is 1. The summed E-state index contributed by atoms with van der Waals surface area (Å²) in [5.41, 5.74) is 1.07. The molecule has 0 radical (unpaired) electrons. The van der Waals surface area contributed by atoms with E-state index in [-0.39, 0.29) is 36.9 Å². The molecule has 0 aromatic heterocycles. The average molecular weight is 531 g/mol. The minimum absolute atomic E-state index is 0.163. The number of carbonyl (C=O) groups is 3. The van der Waals surface area contributed by atoms with Crippen LogP contribution in [0, 0.1) is 11.3 Å². The van der Waals surface area contributed by atoms with Crippen LogP contribution in [0.2, 0.25) is 0 Å². The second kappa shape index (κ2) is 13.0. The van der Waals surface area contributed by atoms with Crippen LogP contribution >= 0.6 is 15.9 Å². The Kier molecular flexibility index (Phi) is 10.1. The number of amides is 1. The molecule has 10 heteroatoms. The molecule has 178 valence electrons. The second-order valence-electron chi connectivity index (χ2n) is 6.55. The van der Waals surface area contributed by atoms with E-state index in [0.29, 0.717) is 21.3 Å². The van der Waals surface area contributed by atoms with Gasteiger partial charge in [0.1, 0.15) is 11.6 Å². The van der Waals surface area contributed by atoms with Gasteiger partial charge < -0.3 is 24.3 Å². The first-order chi connectivity index (χ1) is 16.3. The van der Waals surface area contributed by atoms with Gasteiger partial charge in [-0.25, -0.2) is 9.59 Å². The van der Waals surface area contributed by atoms with Crippen LogP contribution in [0.4, 0.5) is 5.69 Å². The molecule has 0 aliphatic rings. The van der Waals surface area contributed by atoms with Gasteiger partial charge in [0.25, 0.3) is 5.91 Å². The third kappa shape index (κ3) is 7.35. The normalized spacial score (nSPS) is 10.6. The largest absolute Gasteiger partial charge is 0.493 e. The number of halogens is 1. The maximum absolute atomic E-state index is 12.6. The fraction of sp³-hybridized carbons (Fsp3) is 0.250. The number of benzene rings is 2. The maximum Gasteiger partial charge on any atom is 0.344 e. The van der Waals surface area contributed by atoms with E-state index in [1.165, 1.54) is 37.5 Å². The molecule has 9 nitrogen and oxygen atoms in total. The second-order valence-corrected chi connectivity index (χ2v) is 7.40. The van der Waals surface area contributed by atoms with Crippen LogP contribution in [0.3, 0.4) is 0 Å². The van der Waals surface area contributed by atoms with E-state index in [2.05, 4.69) is 21.2 Å². The third-order valence-electron chi connectivity index (χ3n) is 4.22. The number of nitriles is 1. The highest BCUT2D eigenvalue weighted by atomic mass is 79.9. The molecule has 1 amide bonds. The zero-order chi connectivity index (χ0) is 25.1. The quantitative estimate of drug-likeness (QED) is 0.276. The Hall–Kier alpha value is -3.84. The molecule has 2 aromatic carbocycles. The maximum atomic E-state index is 12.6. The van der Waals surface area contributed by atoms with Gasteiger partial charge in [0, 0.05) is 5.69 Å². The van der Waals surface area contributed by atoms with Crippen molar-refractivity contribution in [1.29, 1.82) is 5.26 Å². The minimum Gasteiger partial charge on any atom is -0.493 e. The van der Waals surface area contributed by atoms with E-state index in [4.69, 9.17) is 18.9 Å². The van der Waals surface area contributed by atoms with Gasteiger partial charge in [-0.3, -0.25) is 4.79 Å². The Balaban J connectivity index is 2.19. The molecule has 0 heterocycles. The Labute approximate surface area is 205 Å². The standard InChI is InChI=1S/C24H23BrN2O7/c1-4-32-21(28)14-34-22-19(25)11-15(12-20(22)31-3)10-17(13-26)23(29)27-18-8-6-16(7-9-18)24(30)33-5-2/h6-12H,4-5,14H2,1-3H3,(H,27,29)/b17-10+. The van der Waals surface area contributed by atoms with Gasteiger partial charge in [-0.2, -0.15) is 5.26 Å². The van der Waals surface area contributed by atoms with E-state index in [1.54, 1.807) is 26.0 Å². The lowest BCUT2D eigenvalue weighted by molar-refractivity contribution is -0.145. The van der Waals surface area contributed by atoms with Gasteiger partial charge in [-0.05, 0) is 77.8 Å². The van der Waals surface area contributed by atoms with E-state index >= 15 is 0 Å².